The molecular formula is C13H15N3O2. The average Bonchev–Trinajstić information content (AvgIpc) is 2.87. The van der Waals surface area contributed by atoms with Gasteiger partial charge in [0, 0.05) is 24.3 Å². The smallest absolute Gasteiger partial charge is 0.257 e. The van der Waals surface area contributed by atoms with Gasteiger partial charge in [0.25, 0.3) is 5.89 Å². The summed E-state index contributed by atoms with van der Waals surface area (Å²) in [5.74, 6) is 1.23. The van der Waals surface area contributed by atoms with Gasteiger partial charge in [-0.3, -0.25) is 0 Å². The molecule has 0 saturated carbocycles. The summed E-state index contributed by atoms with van der Waals surface area (Å²) in [5, 5.41) is 3.79. The fourth-order valence-corrected chi connectivity index (χ4v) is 2.05. The molecule has 3 rings (SSSR count). The lowest BCUT2D eigenvalue weighted by molar-refractivity contribution is 0.122. The lowest BCUT2D eigenvalue weighted by Crippen LogP contribution is -2.36. The number of benzene rings is 1. The molecule has 0 spiro atoms. The van der Waals surface area contributed by atoms with E-state index in [1.54, 1.807) is 0 Å². The maximum Gasteiger partial charge on any atom is 0.257 e. The highest BCUT2D eigenvalue weighted by Gasteiger charge is 2.12. The SMILES string of the molecule is Cc1noc(-c2ccc(N3CCOCC3)cc2)n1. The Balaban J connectivity index is 1.80. The number of hydrogen-bond donors (Lipinski definition) is 0. The van der Waals surface area contributed by atoms with Crippen molar-refractivity contribution >= 4 is 5.69 Å². The molecule has 2 aromatic rings. The average molecular weight is 245 g/mol. The van der Waals surface area contributed by atoms with Crippen LogP contribution in [0.4, 0.5) is 5.69 Å². The summed E-state index contributed by atoms with van der Waals surface area (Å²) in [7, 11) is 0. The second-order valence-corrected chi connectivity index (χ2v) is 4.29. The Morgan fingerprint density at radius 1 is 1.11 bits per heavy atom. The van der Waals surface area contributed by atoms with Gasteiger partial charge in [-0.2, -0.15) is 4.98 Å². The highest BCUT2D eigenvalue weighted by Crippen LogP contribution is 2.22. The van der Waals surface area contributed by atoms with Gasteiger partial charge in [-0.25, -0.2) is 0 Å². The third-order valence-electron chi connectivity index (χ3n) is 3.02. The van der Waals surface area contributed by atoms with Crippen molar-refractivity contribution in [2.75, 3.05) is 31.2 Å². The Kier molecular flexibility index (Phi) is 2.98. The van der Waals surface area contributed by atoms with Crippen LogP contribution in [-0.2, 0) is 4.74 Å². The van der Waals surface area contributed by atoms with Gasteiger partial charge in [-0.1, -0.05) is 5.16 Å². The van der Waals surface area contributed by atoms with Gasteiger partial charge in [0.05, 0.1) is 13.2 Å². The van der Waals surface area contributed by atoms with Crippen molar-refractivity contribution in [2.24, 2.45) is 0 Å². The summed E-state index contributed by atoms with van der Waals surface area (Å²) in [6.45, 7) is 5.29. The first-order valence-corrected chi connectivity index (χ1v) is 6.06. The summed E-state index contributed by atoms with van der Waals surface area (Å²) >= 11 is 0. The van der Waals surface area contributed by atoms with E-state index >= 15 is 0 Å². The maximum absolute atomic E-state index is 5.34. The molecule has 1 aliphatic heterocycles. The molecule has 18 heavy (non-hydrogen) atoms. The van der Waals surface area contributed by atoms with E-state index in [4.69, 9.17) is 9.26 Å². The van der Waals surface area contributed by atoms with E-state index in [2.05, 4.69) is 27.2 Å². The third-order valence-corrected chi connectivity index (χ3v) is 3.02. The molecule has 1 aromatic carbocycles. The molecule has 0 atom stereocenters. The summed E-state index contributed by atoms with van der Waals surface area (Å²) < 4.78 is 10.5. The normalized spacial score (nSPS) is 15.9. The van der Waals surface area contributed by atoms with Crippen LogP contribution in [0.2, 0.25) is 0 Å². The number of anilines is 1. The summed E-state index contributed by atoms with van der Waals surface area (Å²) in [6, 6.07) is 8.19. The minimum Gasteiger partial charge on any atom is -0.378 e. The van der Waals surface area contributed by atoms with Crippen LogP contribution in [0.1, 0.15) is 5.82 Å². The molecule has 0 N–H and O–H groups in total. The molecule has 0 unspecified atom stereocenters. The van der Waals surface area contributed by atoms with Gasteiger partial charge >= 0.3 is 0 Å². The predicted octanol–water partition coefficient (Wildman–Crippen LogP) is 1.88. The Morgan fingerprint density at radius 2 is 1.83 bits per heavy atom. The molecule has 2 heterocycles. The van der Waals surface area contributed by atoms with Gasteiger partial charge in [0.1, 0.15) is 0 Å². The van der Waals surface area contributed by atoms with Gasteiger partial charge in [0.2, 0.25) is 0 Å². The number of morpholine rings is 1. The van der Waals surface area contributed by atoms with E-state index in [1.807, 2.05) is 19.1 Å². The third kappa shape index (κ3) is 2.22. The number of aromatic nitrogens is 2. The molecule has 1 aliphatic rings. The van der Waals surface area contributed by atoms with Gasteiger partial charge < -0.3 is 14.2 Å². The van der Waals surface area contributed by atoms with Crippen molar-refractivity contribution in [3.63, 3.8) is 0 Å². The van der Waals surface area contributed by atoms with Crippen LogP contribution in [0.3, 0.4) is 0 Å². The van der Waals surface area contributed by atoms with Crippen molar-refractivity contribution in [3.05, 3.63) is 30.1 Å². The van der Waals surface area contributed by atoms with Crippen LogP contribution >= 0.6 is 0 Å². The van der Waals surface area contributed by atoms with E-state index in [0.29, 0.717) is 11.7 Å². The molecule has 0 aliphatic carbocycles. The Bertz CT molecular complexity index is 515. The number of hydrogen-bond acceptors (Lipinski definition) is 5. The van der Waals surface area contributed by atoms with E-state index in [9.17, 15) is 0 Å². The highest BCUT2D eigenvalue weighted by atomic mass is 16.5. The van der Waals surface area contributed by atoms with Crippen molar-refractivity contribution in [1.29, 1.82) is 0 Å². The number of nitrogens with zero attached hydrogens (tertiary/aromatic N) is 3. The lowest BCUT2D eigenvalue weighted by Gasteiger charge is -2.28. The topological polar surface area (TPSA) is 51.4 Å². The van der Waals surface area contributed by atoms with E-state index < -0.39 is 0 Å². The molecule has 1 fully saturated rings. The zero-order valence-corrected chi connectivity index (χ0v) is 10.3. The molecule has 5 heteroatoms. The van der Waals surface area contributed by atoms with Crippen LogP contribution in [0.25, 0.3) is 11.5 Å². The number of aryl methyl sites for hydroxylation is 1. The number of rotatable bonds is 2. The molecule has 1 saturated heterocycles. The van der Waals surface area contributed by atoms with Crippen LogP contribution in [0, 0.1) is 6.92 Å². The fraction of sp³-hybridized carbons (Fsp3) is 0.385. The molecule has 0 bridgehead atoms. The molecule has 0 radical (unpaired) electrons. The molecule has 1 aromatic heterocycles. The molecule has 0 amide bonds. The monoisotopic (exact) mass is 245 g/mol. The Morgan fingerprint density at radius 3 is 2.44 bits per heavy atom. The predicted molar refractivity (Wildman–Crippen MR) is 67.5 cm³/mol. The van der Waals surface area contributed by atoms with E-state index in [1.165, 1.54) is 5.69 Å². The van der Waals surface area contributed by atoms with Gasteiger partial charge in [-0.05, 0) is 31.2 Å². The Labute approximate surface area is 105 Å². The van der Waals surface area contributed by atoms with Crippen LogP contribution in [0.5, 0.6) is 0 Å². The van der Waals surface area contributed by atoms with Crippen LogP contribution in [-0.4, -0.2) is 36.4 Å². The summed E-state index contributed by atoms with van der Waals surface area (Å²) in [5.41, 5.74) is 2.16. The summed E-state index contributed by atoms with van der Waals surface area (Å²) in [6.07, 6.45) is 0. The first-order valence-electron chi connectivity index (χ1n) is 6.06. The van der Waals surface area contributed by atoms with E-state index in [0.717, 1.165) is 31.9 Å². The largest absolute Gasteiger partial charge is 0.378 e. The minimum absolute atomic E-state index is 0.570. The van der Waals surface area contributed by atoms with Crippen LogP contribution in [0.15, 0.2) is 28.8 Å². The standard InChI is InChI=1S/C13H15N3O2/c1-10-14-13(18-15-10)11-2-4-12(5-3-11)16-6-8-17-9-7-16/h2-5H,6-9H2,1H3. The molecule has 94 valence electrons. The van der Waals surface area contributed by atoms with Crippen molar-refractivity contribution in [2.45, 2.75) is 6.92 Å². The second kappa shape index (κ2) is 4.78. The zero-order chi connectivity index (χ0) is 12.4. The maximum atomic E-state index is 5.34. The molecule has 5 nitrogen and oxygen atoms in total. The van der Waals surface area contributed by atoms with E-state index in [-0.39, 0.29) is 0 Å². The Hall–Kier alpha value is -1.88. The number of ether oxygens (including phenoxy) is 1. The van der Waals surface area contributed by atoms with Crippen LogP contribution < -0.4 is 4.90 Å². The highest BCUT2D eigenvalue weighted by molar-refractivity contribution is 5.59. The zero-order valence-electron chi connectivity index (χ0n) is 10.3. The van der Waals surface area contributed by atoms with Crippen molar-refractivity contribution < 1.29 is 9.26 Å². The first-order chi connectivity index (χ1) is 8.83. The van der Waals surface area contributed by atoms with Crippen molar-refractivity contribution in [1.82, 2.24) is 10.1 Å². The second-order valence-electron chi connectivity index (χ2n) is 4.29. The molecular weight excluding hydrogens is 230 g/mol. The van der Waals surface area contributed by atoms with Crippen molar-refractivity contribution in [3.8, 4) is 11.5 Å². The lowest BCUT2D eigenvalue weighted by atomic mass is 10.2. The minimum atomic E-state index is 0.570. The van der Waals surface area contributed by atoms with Gasteiger partial charge in [0.15, 0.2) is 5.82 Å². The van der Waals surface area contributed by atoms with Gasteiger partial charge in [-0.15, -0.1) is 0 Å². The first kappa shape index (κ1) is 11.2. The summed E-state index contributed by atoms with van der Waals surface area (Å²) in [4.78, 5) is 6.52. The fourth-order valence-electron chi connectivity index (χ4n) is 2.05. The quantitative estimate of drug-likeness (QED) is 0.808.